The molecule has 1 aliphatic rings. The zero-order valence-electron chi connectivity index (χ0n) is 19.3. The monoisotopic (exact) mass is 487 g/mol. The van der Waals surface area contributed by atoms with E-state index in [0.717, 1.165) is 0 Å². The number of nitrogens with zero attached hydrogens (tertiary/aromatic N) is 2. The zero-order valence-corrected chi connectivity index (χ0v) is 19.3. The molecule has 2 N–H and O–H groups in total. The molecule has 1 unspecified atom stereocenters. The van der Waals surface area contributed by atoms with Crippen molar-refractivity contribution in [2.45, 2.75) is 13.0 Å². The molecular formula is C26H21N3O7. The lowest BCUT2D eigenvalue weighted by Gasteiger charge is -2.25. The van der Waals surface area contributed by atoms with E-state index in [-0.39, 0.29) is 17.2 Å². The first kappa shape index (κ1) is 24.1. The molecule has 1 aliphatic heterocycles. The smallest absolute Gasteiger partial charge is 0.300 e. The molecule has 10 nitrogen and oxygen atoms in total. The summed E-state index contributed by atoms with van der Waals surface area (Å²) < 4.78 is 5.13. The standard InChI is InChI=1S/C26H21N3O7/c1-15(30)27-18-7-11-19(12-8-18)28-23(16-3-9-20(10-4-16)29(34)35)22(25(32)26(28)33)24(31)17-5-13-21(36-2)14-6-17/h3-14,23,31H,1-2H3,(H,27,30)/b24-22-. The van der Waals surface area contributed by atoms with Crippen molar-refractivity contribution in [1.82, 2.24) is 0 Å². The molecule has 3 aromatic rings. The minimum Gasteiger partial charge on any atom is -0.507 e. The highest BCUT2D eigenvalue weighted by Gasteiger charge is 2.47. The van der Waals surface area contributed by atoms with Gasteiger partial charge in [0.05, 0.1) is 23.6 Å². The van der Waals surface area contributed by atoms with Crippen LogP contribution < -0.4 is 15.0 Å². The van der Waals surface area contributed by atoms with Gasteiger partial charge in [-0.1, -0.05) is 0 Å². The number of methoxy groups -OCH3 is 1. The number of amides is 2. The number of nitro groups is 1. The second-order valence-corrected chi connectivity index (χ2v) is 7.97. The van der Waals surface area contributed by atoms with Crippen LogP contribution in [0.3, 0.4) is 0 Å². The van der Waals surface area contributed by atoms with Crippen LogP contribution >= 0.6 is 0 Å². The molecule has 0 spiro atoms. The summed E-state index contributed by atoms with van der Waals surface area (Å²) in [5.41, 5.74) is 1.19. The van der Waals surface area contributed by atoms with Crippen LogP contribution in [0.4, 0.5) is 17.1 Å². The number of rotatable bonds is 6. The number of non-ortho nitro benzene ring substituents is 1. The van der Waals surface area contributed by atoms with Gasteiger partial charge in [0.15, 0.2) is 0 Å². The number of Topliss-reactive ketones (excluding diaryl/α,β-unsaturated/α-hetero) is 1. The van der Waals surface area contributed by atoms with Crippen molar-refractivity contribution < 1.29 is 29.2 Å². The fraction of sp³-hybridized carbons (Fsp3) is 0.115. The lowest BCUT2D eigenvalue weighted by Crippen LogP contribution is -2.29. The van der Waals surface area contributed by atoms with Gasteiger partial charge in [-0.05, 0) is 66.2 Å². The third kappa shape index (κ3) is 4.51. The summed E-state index contributed by atoms with van der Waals surface area (Å²) in [7, 11) is 1.49. The van der Waals surface area contributed by atoms with Crippen LogP contribution in [0.5, 0.6) is 5.75 Å². The van der Waals surface area contributed by atoms with E-state index < -0.39 is 28.4 Å². The Morgan fingerprint density at radius 3 is 2.14 bits per heavy atom. The summed E-state index contributed by atoms with van der Waals surface area (Å²) in [5, 5.41) is 24.9. The van der Waals surface area contributed by atoms with Gasteiger partial charge in [-0.15, -0.1) is 0 Å². The maximum atomic E-state index is 13.2. The van der Waals surface area contributed by atoms with Gasteiger partial charge in [-0.3, -0.25) is 29.4 Å². The molecule has 36 heavy (non-hydrogen) atoms. The summed E-state index contributed by atoms with van der Waals surface area (Å²) in [6.45, 7) is 1.36. The first-order valence-electron chi connectivity index (χ1n) is 10.8. The van der Waals surface area contributed by atoms with Crippen LogP contribution in [0.1, 0.15) is 24.1 Å². The van der Waals surface area contributed by atoms with E-state index in [2.05, 4.69) is 5.32 Å². The highest BCUT2D eigenvalue weighted by atomic mass is 16.6. The lowest BCUT2D eigenvalue weighted by atomic mass is 9.95. The van der Waals surface area contributed by atoms with Gasteiger partial charge in [-0.25, -0.2) is 0 Å². The first-order valence-corrected chi connectivity index (χ1v) is 10.8. The number of carbonyl (C=O) groups is 3. The normalized spacial score (nSPS) is 16.6. The van der Waals surface area contributed by atoms with Gasteiger partial charge in [0.25, 0.3) is 17.4 Å². The Morgan fingerprint density at radius 2 is 1.61 bits per heavy atom. The van der Waals surface area contributed by atoms with Crippen LogP contribution in [-0.2, 0) is 14.4 Å². The number of aliphatic hydroxyl groups excluding tert-OH is 1. The SMILES string of the molecule is COc1ccc(/C(O)=C2/C(=O)C(=O)N(c3ccc(NC(C)=O)cc3)C2c2ccc([N+](=O)[O-])cc2)cc1. The number of benzene rings is 3. The Kier molecular flexibility index (Phi) is 6.51. The van der Waals surface area contributed by atoms with Crippen molar-refractivity contribution >= 4 is 40.4 Å². The Hall–Kier alpha value is -4.99. The molecule has 4 rings (SSSR count). The minimum atomic E-state index is -1.06. The molecule has 10 heteroatoms. The summed E-state index contributed by atoms with van der Waals surface area (Å²) >= 11 is 0. The summed E-state index contributed by atoms with van der Waals surface area (Å²) in [4.78, 5) is 49.6. The summed E-state index contributed by atoms with van der Waals surface area (Å²) in [5.74, 6) is -1.90. The Morgan fingerprint density at radius 1 is 1.00 bits per heavy atom. The first-order chi connectivity index (χ1) is 17.2. The predicted molar refractivity (Wildman–Crippen MR) is 132 cm³/mol. The highest BCUT2D eigenvalue weighted by Crippen LogP contribution is 2.42. The van der Waals surface area contributed by atoms with Gasteiger partial charge in [0.1, 0.15) is 11.5 Å². The lowest BCUT2D eigenvalue weighted by molar-refractivity contribution is -0.384. The van der Waals surface area contributed by atoms with Gasteiger partial charge >= 0.3 is 0 Å². The number of hydrogen-bond acceptors (Lipinski definition) is 7. The maximum absolute atomic E-state index is 13.2. The fourth-order valence-electron chi connectivity index (χ4n) is 4.01. The number of ketones is 1. The molecule has 0 saturated carbocycles. The van der Waals surface area contributed by atoms with Crippen molar-refractivity contribution in [3.8, 4) is 5.75 Å². The van der Waals surface area contributed by atoms with E-state index in [4.69, 9.17) is 4.74 Å². The van der Waals surface area contributed by atoms with Gasteiger partial charge in [0.2, 0.25) is 5.91 Å². The van der Waals surface area contributed by atoms with E-state index in [1.54, 1.807) is 48.5 Å². The van der Waals surface area contributed by atoms with Gasteiger partial charge < -0.3 is 15.2 Å². The van der Waals surface area contributed by atoms with E-state index >= 15 is 0 Å². The predicted octanol–water partition coefficient (Wildman–Crippen LogP) is 4.19. The molecule has 0 aromatic heterocycles. The third-order valence-corrected chi connectivity index (χ3v) is 5.69. The molecule has 0 aliphatic carbocycles. The van der Waals surface area contributed by atoms with E-state index in [1.807, 2.05) is 0 Å². The molecule has 2 amide bonds. The molecule has 1 atom stereocenters. The maximum Gasteiger partial charge on any atom is 0.300 e. The van der Waals surface area contributed by atoms with Crippen LogP contribution in [0, 0.1) is 10.1 Å². The second kappa shape index (κ2) is 9.71. The van der Waals surface area contributed by atoms with Crippen LogP contribution in [0.2, 0.25) is 0 Å². The largest absolute Gasteiger partial charge is 0.507 e. The molecule has 3 aromatic carbocycles. The zero-order chi connectivity index (χ0) is 26.0. The third-order valence-electron chi connectivity index (χ3n) is 5.69. The van der Waals surface area contributed by atoms with Gasteiger partial charge in [0, 0.05) is 36.0 Å². The fourth-order valence-corrected chi connectivity index (χ4v) is 4.01. The van der Waals surface area contributed by atoms with Crippen molar-refractivity contribution in [3.63, 3.8) is 0 Å². The average Bonchev–Trinajstić information content (AvgIpc) is 3.14. The number of ether oxygens (including phenoxy) is 1. The van der Waals surface area contributed by atoms with Crippen molar-refractivity contribution in [2.75, 3.05) is 17.3 Å². The second-order valence-electron chi connectivity index (χ2n) is 7.97. The molecular weight excluding hydrogens is 466 g/mol. The number of hydrogen-bond donors (Lipinski definition) is 2. The summed E-state index contributed by atoms with van der Waals surface area (Å²) in [6, 6.07) is 16.9. The summed E-state index contributed by atoms with van der Waals surface area (Å²) in [6.07, 6.45) is 0. The molecule has 1 saturated heterocycles. The minimum absolute atomic E-state index is 0.162. The van der Waals surface area contributed by atoms with Crippen LogP contribution in [-0.4, -0.2) is 34.7 Å². The molecule has 1 fully saturated rings. The Labute approximate surface area is 205 Å². The number of aliphatic hydroxyl groups is 1. The van der Waals surface area contributed by atoms with E-state index in [9.17, 15) is 29.6 Å². The van der Waals surface area contributed by atoms with Crippen molar-refractivity contribution in [2.24, 2.45) is 0 Å². The topological polar surface area (TPSA) is 139 Å². The highest BCUT2D eigenvalue weighted by molar-refractivity contribution is 6.51. The van der Waals surface area contributed by atoms with Crippen molar-refractivity contribution in [1.29, 1.82) is 0 Å². The molecule has 182 valence electrons. The van der Waals surface area contributed by atoms with Gasteiger partial charge in [-0.2, -0.15) is 0 Å². The van der Waals surface area contributed by atoms with Crippen molar-refractivity contribution in [3.05, 3.63) is 99.6 Å². The molecule has 0 bridgehead atoms. The Bertz CT molecular complexity index is 1380. The van der Waals surface area contributed by atoms with Crippen LogP contribution in [0.15, 0.2) is 78.4 Å². The Balaban J connectivity index is 1.86. The van der Waals surface area contributed by atoms with Crippen LogP contribution in [0.25, 0.3) is 5.76 Å². The van der Waals surface area contributed by atoms with E-state index in [0.29, 0.717) is 28.3 Å². The average molecular weight is 487 g/mol. The molecule has 0 radical (unpaired) electrons. The number of nitro benzene ring substituents is 1. The van der Waals surface area contributed by atoms with E-state index in [1.165, 1.54) is 43.2 Å². The molecule has 1 heterocycles. The quantitative estimate of drug-likeness (QED) is 0.175. The number of carbonyl (C=O) groups excluding carboxylic acids is 3. The number of nitrogens with one attached hydrogen (secondary N) is 1. The number of anilines is 2.